The molecule has 0 fully saturated rings. The lowest BCUT2D eigenvalue weighted by molar-refractivity contribution is 0.159. The lowest BCUT2D eigenvalue weighted by Gasteiger charge is -2.03. The molecule has 0 heterocycles. The van der Waals surface area contributed by atoms with Crippen LogP contribution in [-0.2, 0) is 14.8 Å². The summed E-state index contributed by atoms with van der Waals surface area (Å²) in [6, 6.07) is 0. The van der Waals surface area contributed by atoms with Gasteiger partial charge in [0.1, 0.15) is 6.61 Å². The number of ether oxygens (including phenoxy) is 1. The highest BCUT2D eigenvalue weighted by molar-refractivity contribution is 7.89. The molecule has 72 valence electrons. The van der Waals surface area contributed by atoms with Gasteiger partial charge in [-0.05, 0) is 6.92 Å². The van der Waals surface area contributed by atoms with Crippen molar-refractivity contribution in [3.8, 4) is 0 Å². The zero-order valence-electron chi connectivity index (χ0n) is 6.74. The molecule has 0 saturated carbocycles. The van der Waals surface area contributed by atoms with Gasteiger partial charge in [-0.25, -0.2) is 17.9 Å². The molecular formula is C5H12N2O4S. The highest BCUT2D eigenvalue weighted by atomic mass is 32.2. The maximum atomic E-state index is 10.8. The molecule has 0 aliphatic rings. The van der Waals surface area contributed by atoms with E-state index in [-0.39, 0.29) is 18.9 Å². The lowest BCUT2D eigenvalue weighted by atomic mass is 10.7. The van der Waals surface area contributed by atoms with Gasteiger partial charge in [-0.2, -0.15) is 0 Å². The monoisotopic (exact) mass is 196 g/mol. The van der Waals surface area contributed by atoms with Crippen LogP contribution < -0.4 is 10.5 Å². The van der Waals surface area contributed by atoms with E-state index in [9.17, 15) is 13.2 Å². The Balaban J connectivity index is 3.51. The first-order valence-corrected chi connectivity index (χ1v) is 5.02. The van der Waals surface area contributed by atoms with Gasteiger partial charge < -0.3 is 10.5 Å². The first kappa shape index (κ1) is 11.2. The van der Waals surface area contributed by atoms with Crippen LogP contribution in [0.2, 0.25) is 0 Å². The van der Waals surface area contributed by atoms with Gasteiger partial charge in [0.15, 0.2) is 0 Å². The average Bonchev–Trinajstić information content (AvgIpc) is 1.98. The topological polar surface area (TPSA) is 98.5 Å². The molecule has 0 bridgehead atoms. The van der Waals surface area contributed by atoms with Crippen LogP contribution in [0.5, 0.6) is 0 Å². The maximum absolute atomic E-state index is 10.8. The summed E-state index contributed by atoms with van der Waals surface area (Å²) >= 11 is 0. The van der Waals surface area contributed by atoms with Crippen LogP contribution >= 0.6 is 0 Å². The molecule has 0 aromatic carbocycles. The van der Waals surface area contributed by atoms with Crippen molar-refractivity contribution in [1.29, 1.82) is 0 Å². The third kappa shape index (κ3) is 5.93. The molecule has 1 amide bonds. The summed E-state index contributed by atoms with van der Waals surface area (Å²) in [6.45, 7) is 1.52. The number of rotatable bonds is 5. The van der Waals surface area contributed by atoms with Crippen molar-refractivity contribution in [3.05, 3.63) is 0 Å². The Hall–Kier alpha value is -0.820. The number of nitrogens with one attached hydrogen (secondary N) is 1. The molecule has 0 aromatic heterocycles. The molecule has 0 aliphatic carbocycles. The van der Waals surface area contributed by atoms with E-state index in [0.717, 1.165) is 0 Å². The van der Waals surface area contributed by atoms with E-state index in [1.165, 1.54) is 6.92 Å². The fourth-order valence-electron chi connectivity index (χ4n) is 0.451. The molecule has 12 heavy (non-hydrogen) atoms. The van der Waals surface area contributed by atoms with Crippen molar-refractivity contribution in [2.45, 2.75) is 6.92 Å². The summed E-state index contributed by atoms with van der Waals surface area (Å²) < 4.78 is 28.0. The summed E-state index contributed by atoms with van der Waals surface area (Å²) in [4.78, 5) is 10.0. The van der Waals surface area contributed by atoms with E-state index < -0.39 is 16.1 Å². The van der Waals surface area contributed by atoms with Crippen molar-refractivity contribution >= 4 is 16.1 Å². The minimum atomic E-state index is -3.20. The zero-order valence-corrected chi connectivity index (χ0v) is 7.56. The summed E-state index contributed by atoms with van der Waals surface area (Å²) in [7, 11) is -3.20. The summed E-state index contributed by atoms with van der Waals surface area (Å²) in [5.74, 6) is 0.00354. The van der Waals surface area contributed by atoms with Gasteiger partial charge in [0.25, 0.3) is 0 Å². The van der Waals surface area contributed by atoms with Gasteiger partial charge in [-0.15, -0.1) is 0 Å². The smallest absolute Gasteiger partial charge is 0.404 e. The number of hydrogen-bond acceptors (Lipinski definition) is 4. The molecule has 6 nitrogen and oxygen atoms in total. The van der Waals surface area contributed by atoms with Crippen LogP contribution in [0.25, 0.3) is 0 Å². The molecule has 0 saturated heterocycles. The number of hydrogen-bond donors (Lipinski definition) is 2. The number of sulfonamides is 1. The fraction of sp³-hybridized carbons (Fsp3) is 0.800. The molecule has 0 unspecified atom stereocenters. The average molecular weight is 196 g/mol. The lowest BCUT2D eigenvalue weighted by Crippen LogP contribution is -2.30. The minimum Gasteiger partial charge on any atom is -0.448 e. The van der Waals surface area contributed by atoms with E-state index in [0.29, 0.717) is 0 Å². The zero-order chi connectivity index (χ0) is 9.61. The third-order valence-corrected chi connectivity index (χ3v) is 2.45. The van der Waals surface area contributed by atoms with Gasteiger partial charge in [-0.1, -0.05) is 0 Å². The molecule has 0 aromatic rings. The first-order chi connectivity index (χ1) is 5.48. The highest BCUT2D eigenvalue weighted by Gasteiger charge is 2.04. The van der Waals surface area contributed by atoms with Crippen LogP contribution in [-0.4, -0.2) is 33.4 Å². The van der Waals surface area contributed by atoms with Crippen LogP contribution in [0.1, 0.15) is 6.92 Å². The van der Waals surface area contributed by atoms with Crippen LogP contribution in [0.4, 0.5) is 4.79 Å². The Kier molecular flexibility index (Phi) is 4.60. The molecule has 0 spiro atoms. The largest absolute Gasteiger partial charge is 0.448 e. The second-order valence-corrected chi connectivity index (χ2v) is 4.06. The number of primary amides is 1. The normalized spacial score (nSPS) is 11.1. The summed E-state index contributed by atoms with van der Waals surface area (Å²) in [5.41, 5.74) is 4.64. The number of carbonyl (C=O) groups is 1. The van der Waals surface area contributed by atoms with Crippen molar-refractivity contribution in [2.24, 2.45) is 5.73 Å². The quantitative estimate of drug-likeness (QED) is 0.552. The molecule has 0 radical (unpaired) electrons. The molecular weight excluding hydrogens is 184 g/mol. The molecule has 7 heteroatoms. The maximum Gasteiger partial charge on any atom is 0.404 e. The van der Waals surface area contributed by atoms with Crippen LogP contribution in [0, 0.1) is 0 Å². The fourth-order valence-corrected chi connectivity index (χ4v) is 1.05. The third-order valence-electron chi connectivity index (χ3n) is 1.05. The Bertz CT molecular complexity index is 236. The molecule has 3 N–H and O–H groups in total. The van der Waals surface area contributed by atoms with Gasteiger partial charge >= 0.3 is 6.09 Å². The predicted molar refractivity (Wildman–Crippen MR) is 43.0 cm³/mol. The number of nitrogens with two attached hydrogens (primary N) is 1. The first-order valence-electron chi connectivity index (χ1n) is 3.37. The van der Waals surface area contributed by atoms with E-state index >= 15 is 0 Å². The van der Waals surface area contributed by atoms with Crippen molar-refractivity contribution in [3.63, 3.8) is 0 Å². The second kappa shape index (κ2) is 4.94. The Morgan fingerprint density at radius 3 is 2.58 bits per heavy atom. The van der Waals surface area contributed by atoms with E-state index in [2.05, 4.69) is 15.2 Å². The Morgan fingerprint density at radius 1 is 1.58 bits per heavy atom. The standard InChI is InChI=1S/C5H12N2O4S/c1-2-12(9,10)7-3-4-11-5(6)8/h7H,2-4H2,1H3,(H2,6,8). The van der Waals surface area contributed by atoms with Crippen LogP contribution in [0.3, 0.4) is 0 Å². The SMILES string of the molecule is CCS(=O)(=O)NCCOC(N)=O. The number of carbonyl (C=O) groups excluding carboxylic acids is 1. The minimum absolute atomic E-state index is 0.00354. The predicted octanol–water partition coefficient (Wildman–Crippen LogP) is -0.979. The molecule has 0 rings (SSSR count). The highest BCUT2D eigenvalue weighted by Crippen LogP contribution is 1.81. The van der Waals surface area contributed by atoms with Gasteiger partial charge in [-0.3, -0.25) is 0 Å². The molecule has 0 atom stereocenters. The Labute approximate surface area is 71.1 Å². The molecule has 0 aliphatic heterocycles. The summed E-state index contributed by atoms with van der Waals surface area (Å²) in [5, 5.41) is 0. The van der Waals surface area contributed by atoms with Crippen LogP contribution in [0.15, 0.2) is 0 Å². The van der Waals surface area contributed by atoms with E-state index in [4.69, 9.17) is 0 Å². The van der Waals surface area contributed by atoms with Crippen molar-refractivity contribution < 1.29 is 17.9 Å². The van der Waals surface area contributed by atoms with Gasteiger partial charge in [0.05, 0.1) is 5.75 Å². The van der Waals surface area contributed by atoms with E-state index in [1.54, 1.807) is 0 Å². The summed E-state index contributed by atoms with van der Waals surface area (Å²) in [6.07, 6.45) is -0.911. The van der Waals surface area contributed by atoms with Gasteiger partial charge in [0.2, 0.25) is 10.0 Å². The van der Waals surface area contributed by atoms with Crippen molar-refractivity contribution in [1.82, 2.24) is 4.72 Å². The van der Waals surface area contributed by atoms with E-state index in [1.807, 2.05) is 0 Å². The second-order valence-electron chi connectivity index (χ2n) is 1.97. The van der Waals surface area contributed by atoms with Gasteiger partial charge in [0, 0.05) is 6.54 Å². The van der Waals surface area contributed by atoms with Crippen molar-refractivity contribution in [2.75, 3.05) is 18.9 Å². The Morgan fingerprint density at radius 2 is 2.17 bits per heavy atom. The number of amides is 1.